The highest BCUT2D eigenvalue weighted by Gasteiger charge is 2.35. The molecule has 1 aliphatic rings. The maximum absolute atomic E-state index is 14.0. The van der Waals surface area contributed by atoms with Gasteiger partial charge in [-0.2, -0.15) is 0 Å². The normalized spacial score (nSPS) is 14.8. The number of thiazole rings is 1. The van der Waals surface area contributed by atoms with Gasteiger partial charge >= 0.3 is 5.97 Å². The number of methoxy groups -OCH3 is 1. The first-order chi connectivity index (χ1) is 19.5. The first kappa shape index (κ1) is 26.9. The van der Waals surface area contributed by atoms with Crippen LogP contribution in [0.3, 0.4) is 0 Å². The highest BCUT2D eigenvalue weighted by molar-refractivity contribution is 7.07. The quantitative estimate of drug-likeness (QED) is 0.226. The van der Waals surface area contributed by atoms with E-state index in [1.165, 1.54) is 11.3 Å². The third-order valence-electron chi connectivity index (χ3n) is 6.31. The van der Waals surface area contributed by atoms with Crippen molar-refractivity contribution in [2.45, 2.75) is 13.0 Å². The summed E-state index contributed by atoms with van der Waals surface area (Å²) in [6.07, 6.45) is 3.48. The number of benzene rings is 3. The molecule has 202 valence electrons. The Morgan fingerprint density at radius 3 is 2.58 bits per heavy atom. The van der Waals surface area contributed by atoms with Gasteiger partial charge in [-0.3, -0.25) is 9.36 Å². The summed E-state index contributed by atoms with van der Waals surface area (Å²) in [6, 6.07) is 23.5. The summed E-state index contributed by atoms with van der Waals surface area (Å²) in [5, 5.41) is 0. The number of esters is 1. The van der Waals surface area contributed by atoms with Gasteiger partial charge in [-0.15, -0.1) is 0 Å². The molecule has 0 bridgehead atoms. The molecule has 1 aromatic heterocycles. The van der Waals surface area contributed by atoms with E-state index in [-0.39, 0.29) is 12.2 Å². The van der Waals surface area contributed by atoms with E-state index in [9.17, 15) is 9.59 Å². The number of fused-ring (bicyclic) bond motifs is 1. The molecule has 0 saturated heterocycles. The van der Waals surface area contributed by atoms with Crippen LogP contribution in [0.1, 0.15) is 29.7 Å². The van der Waals surface area contributed by atoms with Gasteiger partial charge in [-0.25, -0.2) is 9.79 Å². The molecule has 0 amide bonds. The van der Waals surface area contributed by atoms with E-state index in [1.54, 1.807) is 24.7 Å². The zero-order valence-corrected chi connectivity index (χ0v) is 23.0. The van der Waals surface area contributed by atoms with Crippen LogP contribution in [0.25, 0.3) is 11.8 Å². The van der Waals surface area contributed by atoms with E-state index in [0.29, 0.717) is 44.3 Å². The minimum atomic E-state index is -0.773. The third kappa shape index (κ3) is 5.39. The molecule has 0 saturated carbocycles. The van der Waals surface area contributed by atoms with Gasteiger partial charge in [0.2, 0.25) is 0 Å². The van der Waals surface area contributed by atoms with Gasteiger partial charge in [0.25, 0.3) is 5.56 Å². The smallest absolute Gasteiger partial charge is 0.338 e. The molecule has 0 unspecified atom stereocenters. The Morgan fingerprint density at radius 2 is 1.82 bits per heavy atom. The Hall–Kier alpha value is -4.69. The molecule has 0 aliphatic carbocycles. The van der Waals surface area contributed by atoms with Gasteiger partial charge in [0.1, 0.15) is 18.1 Å². The molecule has 0 spiro atoms. The summed E-state index contributed by atoms with van der Waals surface area (Å²) >= 11 is 1.27. The molecular weight excluding hydrogens is 524 g/mol. The standard InChI is InChI=1S/C32H28N2O5S/c1-4-17-39-25-16-9-11-21(18-25)19-26-30(35)34-29(23-14-10-15-24(20-23)37-3)27(31(36)38-5-2)28(33-32(34)40-26)22-12-7-6-8-13-22/h4,6-16,18-20,29H,1,5,17H2,2-3H3/b26-19-/t29-/m1/s1. The summed E-state index contributed by atoms with van der Waals surface area (Å²) in [7, 11) is 1.58. The number of carbonyl (C=O) groups is 1. The number of rotatable bonds is 9. The molecule has 2 heterocycles. The summed E-state index contributed by atoms with van der Waals surface area (Å²) in [5.41, 5.74) is 2.77. The molecular formula is C32H28N2O5S. The van der Waals surface area contributed by atoms with Crippen LogP contribution in [-0.4, -0.2) is 30.9 Å². The summed E-state index contributed by atoms with van der Waals surface area (Å²) in [4.78, 5) is 32.9. The summed E-state index contributed by atoms with van der Waals surface area (Å²) < 4.78 is 18.7. The van der Waals surface area contributed by atoms with Crippen molar-refractivity contribution in [3.05, 3.63) is 133 Å². The van der Waals surface area contributed by atoms with Crippen LogP contribution < -0.4 is 24.4 Å². The fraction of sp³-hybridized carbons (Fsp3) is 0.156. The van der Waals surface area contributed by atoms with Crippen molar-refractivity contribution in [3.63, 3.8) is 0 Å². The number of ether oxygens (including phenoxy) is 3. The molecule has 8 heteroatoms. The van der Waals surface area contributed by atoms with Crippen LogP contribution >= 0.6 is 11.3 Å². The molecule has 5 rings (SSSR count). The third-order valence-corrected chi connectivity index (χ3v) is 7.29. The second kappa shape index (κ2) is 12.0. The Bertz CT molecular complexity index is 1770. The van der Waals surface area contributed by atoms with Crippen molar-refractivity contribution in [1.82, 2.24) is 4.57 Å². The average molecular weight is 553 g/mol. The molecule has 0 fully saturated rings. The summed E-state index contributed by atoms with van der Waals surface area (Å²) in [5.74, 6) is 0.753. The first-order valence-corrected chi connectivity index (χ1v) is 13.6. The second-order valence-corrected chi connectivity index (χ2v) is 9.89. The van der Waals surface area contributed by atoms with Crippen molar-refractivity contribution in [3.8, 4) is 11.5 Å². The molecule has 0 radical (unpaired) electrons. The summed E-state index contributed by atoms with van der Waals surface area (Å²) in [6.45, 7) is 6.00. The Labute approximate surface area is 235 Å². The fourth-order valence-corrected chi connectivity index (χ4v) is 5.57. The number of aromatic nitrogens is 1. The molecule has 4 aromatic rings. The largest absolute Gasteiger partial charge is 0.497 e. The molecule has 7 nitrogen and oxygen atoms in total. The van der Waals surface area contributed by atoms with E-state index in [0.717, 1.165) is 11.1 Å². The van der Waals surface area contributed by atoms with Crippen molar-refractivity contribution < 1.29 is 19.0 Å². The maximum atomic E-state index is 14.0. The lowest BCUT2D eigenvalue weighted by Gasteiger charge is -2.26. The maximum Gasteiger partial charge on any atom is 0.338 e. The number of nitrogens with zero attached hydrogens (tertiary/aromatic N) is 2. The van der Waals surface area contributed by atoms with Crippen molar-refractivity contribution >= 4 is 29.1 Å². The van der Waals surface area contributed by atoms with Crippen molar-refractivity contribution in [2.75, 3.05) is 20.3 Å². The zero-order chi connectivity index (χ0) is 28.1. The van der Waals surface area contributed by atoms with E-state index in [1.807, 2.05) is 84.9 Å². The van der Waals surface area contributed by atoms with Crippen LogP contribution in [-0.2, 0) is 9.53 Å². The Morgan fingerprint density at radius 1 is 1.05 bits per heavy atom. The van der Waals surface area contributed by atoms with E-state index >= 15 is 0 Å². The van der Waals surface area contributed by atoms with Gasteiger partial charge in [0.15, 0.2) is 4.80 Å². The first-order valence-electron chi connectivity index (χ1n) is 12.8. The lowest BCUT2D eigenvalue weighted by molar-refractivity contribution is -0.138. The van der Waals surface area contributed by atoms with Gasteiger partial charge in [-0.1, -0.05) is 78.6 Å². The van der Waals surface area contributed by atoms with Crippen LogP contribution in [0.15, 0.2) is 107 Å². The second-order valence-electron chi connectivity index (χ2n) is 8.88. The topological polar surface area (TPSA) is 79.1 Å². The number of carbonyl (C=O) groups excluding carboxylic acids is 1. The average Bonchev–Trinajstić information content (AvgIpc) is 3.30. The predicted octanol–water partition coefficient (Wildman–Crippen LogP) is 4.51. The lowest BCUT2D eigenvalue weighted by atomic mass is 9.93. The molecule has 40 heavy (non-hydrogen) atoms. The molecule has 1 aliphatic heterocycles. The monoisotopic (exact) mass is 552 g/mol. The van der Waals surface area contributed by atoms with E-state index in [2.05, 4.69) is 6.58 Å². The lowest BCUT2D eigenvalue weighted by Crippen LogP contribution is -2.40. The van der Waals surface area contributed by atoms with Gasteiger partial charge in [-0.05, 0) is 48.4 Å². The molecule has 3 aromatic carbocycles. The predicted molar refractivity (Wildman–Crippen MR) is 156 cm³/mol. The highest BCUT2D eigenvalue weighted by Crippen LogP contribution is 2.36. The van der Waals surface area contributed by atoms with Crippen LogP contribution in [0.5, 0.6) is 11.5 Å². The zero-order valence-electron chi connectivity index (χ0n) is 22.2. The number of hydrogen-bond donors (Lipinski definition) is 0. The Kier molecular flexibility index (Phi) is 8.07. The minimum Gasteiger partial charge on any atom is -0.497 e. The van der Waals surface area contributed by atoms with Crippen LogP contribution in [0.2, 0.25) is 0 Å². The Balaban J connectivity index is 1.78. The van der Waals surface area contributed by atoms with Crippen LogP contribution in [0, 0.1) is 0 Å². The van der Waals surface area contributed by atoms with Crippen molar-refractivity contribution in [2.24, 2.45) is 4.99 Å². The molecule has 1 atom stereocenters. The van der Waals surface area contributed by atoms with Gasteiger partial charge in [0, 0.05) is 5.56 Å². The van der Waals surface area contributed by atoms with Crippen molar-refractivity contribution in [1.29, 1.82) is 0 Å². The molecule has 0 N–H and O–H groups in total. The van der Waals surface area contributed by atoms with E-state index < -0.39 is 12.0 Å². The van der Waals surface area contributed by atoms with Crippen LogP contribution in [0.4, 0.5) is 0 Å². The minimum absolute atomic E-state index is 0.184. The van der Waals surface area contributed by atoms with Gasteiger partial charge in [0.05, 0.1) is 35.6 Å². The fourth-order valence-electron chi connectivity index (χ4n) is 4.57. The SMILES string of the molecule is C=CCOc1cccc(/C=c2\sc3n(c2=O)[C@H](c2cccc(OC)c2)C(C(=O)OCC)=C(c2ccccc2)N=3)c1. The highest BCUT2D eigenvalue weighted by atomic mass is 32.1. The van der Waals surface area contributed by atoms with E-state index in [4.69, 9.17) is 19.2 Å². The van der Waals surface area contributed by atoms with Gasteiger partial charge < -0.3 is 14.2 Å². The number of hydrogen-bond acceptors (Lipinski definition) is 7.